The van der Waals surface area contributed by atoms with Crippen molar-refractivity contribution in [2.75, 3.05) is 0 Å². The molecule has 0 unspecified atom stereocenters. The number of hydrogen-bond acceptors (Lipinski definition) is 5. The van der Waals surface area contributed by atoms with Crippen molar-refractivity contribution >= 4 is 27.9 Å². The van der Waals surface area contributed by atoms with Crippen molar-refractivity contribution < 1.29 is 5.11 Å². The lowest BCUT2D eigenvalue weighted by Gasteiger charge is -1.99. The van der Waals surface area contributed by atoms with Gasteiger partial charge in [-0.25, -0.2) is 0 Å². The highest BCUT2D eigenvalue weighted by Crippen LogP contribution is 2.33. The van der Waals surface area contributed by atoms with E-state index in [1.54, 1.807) is 16.6 Å². The summed E-state index contributed by atoms with van der Waals surface area (Å²) in [6.45, 7) is 1.83. The molecule has 0 saturated heterocycles. The fraction of sp³-hybridized carbons (Fsp3) is 0.100. The standard InChI is InChI=1S/C10H7ClN4OS/c1-5-12-13-10-15(5)14-9(17-10)7-4-6(16)2-3-8(7)11/h2-4,16H,1H3. The molecule has 5 nitrogen and oxygen atoms in total. The number of phenolic OH excluding ortho intramolecular Hbond substituents is 1. The van der Waals surface area contributed by atoms with Gasteiger partial charge in [0.1, 0.15) is 10.8 Å². The molecule has 1 aromatic carbocycles. The summed E-state index contributed by atoms with van der Waals surface area (Å²) in [7, 11) is 0. The van der Waals surface area contributed by atoms with Crippen molar-refractivity contribution in [1.82, 2.24) is 19.8 Å². The lowest BCUT2D eigenvalue weighted by molar-refractivity contribution is 0.475. The number of aromatic nitrogens is 4. The van der Waals surface area contributed by atoms with Crippen LogP contribution in [0.2, 0.25) is 5.02 Å². The Labute approximate surface area is 105 Å². The summed E-state index contributed by atoms with van der Waals surface area (Å²) < 4.78 is 1.65. The molecule has 0 aliphatic heterocycles. The van der Waals surface area contributed by atoms with Crippen LogP contribution >= 0.6 is 22.9 Å². The van der Waals surface area contributed by atoms with E-state index in [2.05, 4.69) is 15.3 Å². The van der Waals surface area contributed by atoms with Gasteiger partial charge in [-0.1, -0.05) is 22.9 Å². The van der Waals surface area contributed by atoms with Gasteiger partial charge in [-0.3, -0.25) is 0 Å². The van der Waals surface area contributed by atoms with Gasteiger partial charge in [-0.15, -0.1) is 10.2 Å². The lowest BCUT2D eigenvalue weighted by Crippen LogP contribution is -1.88. The molecule has 2 aromatic heterocycles. The zero-order valence-corrected chi connectivity index (χ0v) is 10.3. The second-order valence-electron chi connectivity index (χ2n) is 3.51. The average Bonchev–Trinajstić information content (AvgIpc) is 2.85. The van der Waals surface area contributed by atoms with Gasteiger partial charge in [0.25, 0.3) is 0 Å². The Morgan fingerprint density at radius 1 is 1.35 bits per heavy atom. The third-order valence-corrected chi connectivity index (χ3v) is 3.59. The summed E-state index contributed by atoms with van der Waals surface area (Å²) in [6, 6.07) is 4.77. The molecule has 2 heterocycles. The van der Waals surface area contributed by atoms with Gasteiger partial charge in [-0.2, -0.15) is 9.61 Å². The van der Waals surface area contributed by atoms with Gasteiger partial charge < -0.3 is 5.11 Å². The van der Waals surface area contributed by atoms with E-state index in [1.165, 1.54) is 17.4 Å². The second kappa shape index (κ2) is 3.68. The Balaban J connectivity index is 2.23. The van der Waals surface area contributed by atoms with E-state index in [0.29, 0.717) is 20.6 Å². The second-order valence-corrected chi connectivity index (χ2v) is 4.88. The Kier molecular flexibility index (Phi) is 2.27. The number of aryl methyl sites for hydroxylation is 1. The van der Waals surface area contributed by atoms with Crippen LogP contribution in [0.25, 0.3) is 15.5 Å². The third kappa shape index (κ3) is 1.65. The van der Waals surface area contributed by atoms with Crippen LogP contribution in [0.1, 0.15) is 5.82 Å². The maximum absolute atomic E-state index is 9.46. The molecule has 7 heteroatoms. The topological polar surface area (TPSA) is 63.3 Å². The predicted octanol–water partition coefficient (Wildman–Crippen LogP) is 2.52. The normalized spacial score (nSPS) is 11.2. The van der Waals surface area contributed by atoms with E-state index in [1.807, 2.05) is 6.92 Å². The molecule has 17 heavy (non-hydrogen) atoms. The molecular weight excluding hydrogens is 260 g/mol. The number of fused-ring (bicyclic) bond motifs is 1. The van der Waals surface area contributed by atoms with Crippen molar-refractivity contribution in [3.05, 3.63) is 29.0 Å². The van der Waals surface area contributed by atoms with Crippen LogP contribution in [0.3, 0.4) is 0 Å². The number of aromatic hydroxyl groups is 1. The van der Waals surface area contributed by atoms with Crippen molar-refractivity contribution in [2.45, 2.75) is 6.92 Å². The molecular formula is C10H7ClN4OS. The summed E-state index contributed by atoms with van der Waals surface area (Å²) in [4.78, 5) is 0.705. The molecule has 0 aliphatic rings. The molecule has 3 aromatic rings. The lowest BCUT2D eigenvalue weighted by atomic mass is 10.2. The highest BCUT2D eigenvalue weighted by Gasteiger charge is 2.13. The first-order chi connectivity index (χ1) is 8.15. The number of hydrogen-bond donors (Lipinski definition) is 1. The molecule has 0 aliphatic carbocycles. The average molecular weight is 267 g/mol. The molecule has 0 saturated carbocycles. The Hall–Kier alpha value is -1.66. The SMILES string of the molecule is Cc1nnc2sc(-c3cc(O)ccc3Cl)nn12. The molecule has 1 N–H and O–H groups in total. The molecule has 0 fully saturated rings. The molecule has 3 rings (SSSR count). The first-order valence-electron chi connectivity index (χ1n) is 4.83. The summed E-state index contributed by atoms with van der Waals surface area (Å²) in [5.74, 6) is 0.880. The Bertz CT molecular complexity index is 705. The molecule has 0 atom stereocenters. The molecule has 0 radical (unpaired) electrons. The molecule has 0 spiro atoms. The number of halogens is 1. The van der Waals surface area contributed by atoms with E-state index >= 15 is 0 Å². The minimum absolute atomic E-state index is 0.159. The van der Waals surface area contributed by atoms with Crippen molar-refractivity contribution in [3.63, 3.8) is 0 Å². The van der Waals surface area contributed by atoms with Gasteiger partial charge in [0.2, 0.25) is 4.96 Å². The van der Waals surface area contributed by atoms with E-state index in [0.717, 1.165) is 5.82 Å². The van der Waals surface area contributed by atoms with Crippen LogP contribution in [0.15, 0.2) is 18.2 Å². The Morgan fingerprint density at radius 3 is 2.94 bits per heavy atom. The van der Waals surface area contributed by atoms with Gasteiger partial charge in [0, 0.05) is 5.56 Å². The first-order valence-corrected chi connectivity index (χ1v) is 6.02. The Morgan fingerprint density at radius 2 is 2.18 bits per heavy atom. The number of rotatable bonds is 1. The van der Waals surface area contributed by atoms with E-state index < -0.39 is 0 Å². The molecule has 0 amide bonds. The van der Waals surface area contributed by atoms with Gasteiger partial charge in [0.15, 0.2) is 5.82 Å². The minimum atomic E-state index is 0.159. The van der Waals surface area contributed by atoms with Crippen LogP contribution in [-0.4, -0.2) is 24.9 Å². The summed E-state index contributed by atoms with van der Waals surface area (Å²) in [6.07, 6.45) is 0. The predicted molar refractivity (Wildman–Crippen MR) is 65.5 cm³/mol. The van der Waals surface area contributed by atoms with E-state index in [4.69, 9.17) is 11.6 Å². The highest BCUT2D eigenvalue weighted by molar-refractivity contribution is 7.19. The summed E-state index contributed by atoms with van der Waals surface area (Å²) >= 11 is 7.45. The van der Waals surface area contributed by atoms with Crippen LogP contribution < -0.4 is 0 Å². The first kappa shape index (κ1) is 10.5. The van der Waals surface area contributed by atoms with Crippen LogP contribution in [0, 0.1) is 6.92 Å². The van der Waals surface area contributed by atoms with Crippen LogP contribution in [0.4, 0.5) is 0 Å². The summed E-state index contributed by atoms with van der Waals surface area (Å²) in [5.41, 5.74) is 0.696. The largest absolute Gasteiger partial charge is 0.508 e. The van der Waals surface area contributed by atoms with Crippen LogP contribution in [-0.2, 0) is 0 Å². The fourth-order valence-electron chi connectivity index (χ4n) is 1.50. The van der Waals surface area contributed by atoms with Crippen molar-refractivity contribution in [1.29, 1.82) is 0 Å². The maximum atomic E-state index is 9.46. The van der Waals surface area contributed by atoms with Crippen molar-refractivity contribution in [3.8, 4) is 16.3 Å². The number of nitrogens with zero attached hydrogens (tertiary/aromatic N) is 4. The third-order valence-electron chi connectivity index (χ3n) is 2.33. The fourth-order valence-corrected chi connectivity index (χ4v) is 2.68. The van der Waals surface area contributed by atoms with Gasteiger partial charge >= 0.3 is 0 Å². The number of benzene rings is 1. The van der Waals surface area contributed by atoms with E-state index in [-0.39, 0.29) is 5.75 Å². The maximum Gasteiger partial charge on any atom is 0.234 e. The molecule has 86 valence electrons. The van der Waals surface area contributed by atoms with Crippen LogP contribution in [0.5, 0.6) is 5.75 Å². The van der Waals surface area contributed by atoms with E-state index in [9.17, 15) is 5.11 Å². The zero-order valence-electron chi connectivity index (χ0n) is 8.75. The monoisotopic (exact) mass is 266 g/mol. The van der Waals surface area contributed by atoms with Gasteiger partial charge in [0.05, 0.1) is 5.02 Å². The number of phenols is 1. The smallest absolute Gasteiger partial charge is 0.234 e. The van der Waals surface area contributed by atoms with Crippen molar-refractivity contribution in [2.24, 2.45) is 0 Å². The summed E-state index contributed by atoms with van der Waals surface area (Å²) in [5, 5.41) is 23.0. The quantitative estimate of drug-likeness (QED) is 0.735. The minimum Gasteiger partial charge on any atom is -0.508 e. The molecule has 0 bridgehead atoms. The van der Waals surface area contributed by atoms with Gasteiger partial charge in [-0.05, 0) is 25.1 Å². The highest BCUT2D eigenvalue weighted by atomic mass is 35.5. The zero-order chi connectivity index (χ0) is 12.0.